The minimum absolute atomic E-state index is 0.0261. The lowest BCUT2D eigenvalue weighted by Crippen LogP contribution is -2.65. The van der Waals surface area contributed by atoms with Crippen LogP contribution in [0.3, 0.4) is 0 Å². The lowest BCUT2D eigenvalue weighted by Gasteiger charge is -2.69. The fourth-order valence-electron chi connectivity index (χ4n) is 10.7. The Kier molecular flexibility index (Phi) is 9.76. The molecule has 5 rings (SSSR count). The number of halogens is 1. The van der Waals surface area contributed by atoms with Crippen LogP contribution in [0, 0.1) is 39.9 Å². The number of fused-ring (bicyclic) bond motifs is 5. The second kappa shape index (κ2) is 12.9. The third-order valence-corrected chi connectivity index (χ3v) is 13.4. The van der Waals surface area contributed by atoms with E-state index in [0.29, 0.717) is 42.4 Å². The molecule has 4 aliphatic rings. The van der Waals surface area contributed by atoms with Crippen LogP contribution in [0.25, 0.3) is 0 Å². The van der Waals surface area contributed by atoms with Gasteiger partial charge in [-0.3, -0.25) is 4.79 Å². The summed E-state index contributed by atoms with van der Waals surface area (Å²) in [5.74, 6) is -1.53. The minimum Gasteiger partial charge on any atom is -0.478 e. The molecular formula is C38H51BrO7. The van der Waals surface area contributed by atoms with Crippen LogP contribution in [0.1, 0.15) is 110 Å². The van der Waals surface area contributed by atoms with Crippen molar-refractivity contribution in [2.75, 3.05) is 0 Å². The Hall–Kier alpha value is -2.45. The zero-order chi connectivity index (χ0) is 33.8. The summed E-state index contributed by atoms with van der Waals surface area (Å²) >= 11 is 3.42. The van der Waals surface area contributed by atoms with Crippen molar-refractivity contribution in [3.05, 3.63) is 57.1 Å². The number of aliphatic hydroxyl groups excluding tert-OH is 1. The standard InChI is InChI=1S/C38H51BrO7/c1-21(2)9-8-10-26(34(42)43)32-28-19-29(41)33-36(5)17-16-30(46-35(44)24-11-13-25(39)14-12-24)22(3)27(36)15-18-37(33,6)38(28,7)20-31(32)45-23(4)40/h9,11-14,22,27-31,33,41H,8,10,15-20H2,1-7H3,(H,42,43)/b32-26-/t22-,27-,28-,29+,30+,31-,33?,36-,37-,38-/m0/s1. The van der Waals surface area contributed by atoms with Gasteiger partial charge in [0, 0.05) is 17.0 Å². The zero-order valence-electron chi connectivity index (χ0n) is 28.4. The maximum Gasteiger partial charge on any atom is 0.338 e. The Morgan fingerprint density at radius 3 is 2.28 bits per heavy atom. The van der Waals surface area contributed by atoms with Gasteiger partial charge in [-0.25, -0.2) is 9.59 Å². The number of hydrogen-bond acceptors (Lipinski definition) is 6. The van der Waals surface area contributed by atoms with Gasteiger partial charge in [-0.15, -0.1) is 0 Å². The van der Waals surface area contributed by atoms with Crippen LogP contribution < -0.4 is 0 Å². The van der Waals surface area contributed by atoms with E-state index in [0.717, 1.165) is 35.7 Å². The third kappa shape index (κ3) is 5.91. The van der Waals surface area contributed by atoms with E-state index < -0.39 is 24.1 Å². The van der Waals surface area contributed by atoms with E-state index in [1.807, 2.05) is 32.1 Å². The average molecular weight is 700 g/mol. The highest BCUT2D eigenvalue weighted by atomic mass is 79.9. The monoisotopic (exact) mass is 698 g/mol. The van der Waals surface area contributed by atoms with E-state index in [-0.39, 0.29) is 52.0 Å². The number of carbonyl (C=O) groups is 3. The lowest BCUT2D eigenvalue weighted by atomic mass is 9.36. The van der Waals surface area contributed by atoms with E-state index in [1.54, 1.807) is 12.1 Å². The Morgan fingerprint density at radius 1 is 1.00 bits per heavy atom. The Labute approximate surface area is 282 Å². The first kappa shape index (κ1) is 34.9. The predicted molar refractivity (Wildman–Crippen MR) is 180 cm³/mol. The van der Waals surface area contributed by atoms with Gasteiger partial charge in [-0.1, -0.05) is 55.3 Å². The number of esters is 2. The molecule has 1 aromatic rings. The molecule has 8 heteroatoms. The van der Waals surface area contributed by atoms with E-state index in [4.69, 9.17) is 9.47 Å². The molecule has 10 atom stereocenters. The molecule has 4 fully saturated rings. The fourth-order valence-corrected chi connectivity index (χ4v) is 11.0. The van der Waals surface area contributed by atoms with Gasteiger partial charge in [-0.2, -0.15) is 0 Å². The van der Waals surface area contributed by atoms with Crippen LogP contribution in [0.15, 0.2) is 51.5 Å². The Morgan fingerprint density at radius 2 is 1.67 bits per heavy atom. The molecule has 0 saturated heterocycles. The van der Waals surface area contributed by atoms with E-state index >= 15 is 0 Å². The van der Waals surface area contributed by atoms with Gasteiger partial charge in [0.2, 0.25) is 0 Å². The molecule has 0 amide bonds. The number of carboxylic acid groups (broad SMARTS) is 1. The van der Waals surface area contributed by atoms with Gasteiger partial charge in [0.05, 0.1) is 11.7 Å². The lowest BCUT2D eigenvalue weighted by molar-refractivity contribution is -0.234. The van der Waals surface area contributed by atoms with Crippen LogP contribution >= 0.6 is 15.9 Å². The zero-order valence-corrected chi connectivity index (χ0v) is 30.0. The van der Waals surface area contributed by atoms with Crippen molar-refractivity contribution in [2.24, 2.45) is 39.9 Å². The highest BCUT2D eigenvalue weighted by Crippen LogP contribution is 2.74. The number of benzene rings is 1. The van der Waals surface area contributed by atoms with E-state index in [9.17, 15) is 24.6 Å². The van der Waals surface area contributed by atoms with Crippen molar-refractivity contribution in [2.45, 2.75) is 118 Å². The second-order valence-electron chi connectivity index (χ2n) is 15.5. The summed E-state index contributed by atoms with van der Waals surface area (Å²) in [4.78, 5) is 38.2. The van der Waals surface area contributed by atoms with E-state index in [2.05, 4.69) is 43.6 Å². The number of carboxylic acids is 1. The van der Waals surface area contributed by atoms with E-state index in [1.165, 1.54) is 6.92 Å². The van der Waals surface area contributed by atoms with Gasteiger partial charge in [0.25, 0.3) is 0 Å². The average Bonchev–Trinajstić information content (AvgIpc) is 3.23. The highest BCUT2D eigenvalue weighted by molar-refractivity contribution is 9.10. The largest absolute Gasteiger partial charge is 0.478 e. The van der Waals surface area contributed by atoms with Crippen molar-refractivity contribution in [1.82, 2.24) is 0 Å². The van der Waals surface area contributed by atoms with Crippen molar-refractivity contribution >= 4 is 33.8 Å². The molecule has 0 heterocycles. The highest BCUT2D eigenvalue weighted by Gasteiger charge is 2.71. The van der Waals surface area contributed by atoms with Crippen molar-refractivity contribution < 1.29 is 34.1 Å². The number of ether oxygens (including phenoxy) is 2. The molecule has 0 bridgehead atoms. The molecule has 4 aliphatic carbocycles. The molecule has 1 unspecified atom stereocenters. The molecule has 0 aromatic heterocycles. The Balaban J connectivity index is 1.47. The predicted octanol–water partition coefficient (Wildman–Crippen LogP) is 8.29. The molecule has 4 saturated carbocycles. The number of hydrogen-bond donors (Lipinski definition) is 2. The minimum atomic E-state index is -0.971. The topological polar surface area (TPSA) is 110 Å². The quantitative estimate of drug-likeness (QED) is 0.167. The van der Waals surface area contributed by atoms with Crippen molar-refractivity contribution in [3.63, 3.8) is 0 Å². The summed E-state index contributed by atoms with van der Waals surface area (Å²) in [6.45, 7) is 14.5. The molecule has 0 aliphatic heterocycles. The number of carbonyl (C=O) groups excluding carboxylic acids is 2. The number of aliphatic carboxylic acids is 1. The van der Waals surface area contributed by atoms with Crippen LogP contribution in [-0.2, 0) is 19.1 Å². The smallest absolute Gasteiger partial charge is 0.338 e. The van der Waals surface area contributed by atoms with Crippen LogP contribution in [-0.4, -0.2) is 46.4 Å². The number of aliphatic hydroxyl groups is 1. The second-order valence-corrected chi connectivity index (χ2v) is 16.4. The van der Waals surface area contributed by atoms with Crippen LogP contribution in [0.5, 0.6) is 0 Å². The van der Waals surface area contributed by atoms with Gasteiger partial charge in [0.15, 0.2) is 0 Å². The molecule has 252 valence electrons. The molecule has 2 N–H and O–H groups in total. The molecule has 1 aromatic carbocycles. The van der Waals surface area contributed by atoms with Crippen LogP contribution in [0.4, 0.5) is 0 Å². The molecule has 46 heavy (non-hydrogen) atoms. The summed E-state index contributed by atoms with van der Waals surface area (Å²) in [6, 6.07) is 7.24. The van der Waals surface area contributed by atoms with Gasteiger partial charge in [-0.05, 0) is 135 Å². The first-order valence-electron chi connectivity index (χ1n) is 16.9. The first-order valence-corrected chi connectivity index (χ1v) is 17.7. The summed E-state index contributed by atoms with van der Waals surface area (Å²) in [5, 5.41) is 22.6. The number of allylic oxidation sites excluding steroid dienone is 2. The summed E-state index contributed by atoms with van der Waals surface area (Å²) in [5.41, 5.74) is 1.82. The molecule has 0 spiro atoms. The summed E-state index contributed by atoms with van der Waals surface area (Å²) < 4.78 is 13.0. The SMILES string of the molecule is CC(=O)O[C@H]1C[C@@]2(C)[C@@H](C[C@@H](O)C3[C@]2(C)CC[C@H]2[C@H](C)[C@H](OC(=O)c4ccc(Br)cc4)CC[C@]32C)/C1=C(\CCC=C(C)C)C(=O)O. The van der Waals surface area contributed by atoms with Gasteiger partial charge < -0.3 is 19.7 Å². The molecular weight excluding hydrogens is 648 g/mol. The summed E-state index contributed by atoms with van der Waals surface area (Å²) in [6.07, 6.45) is 5.88. The Bertz CT molecular complexity index is 1430. The third-order valence-electron chi connectivity index (χ3n) is 12.9. The first-order chi connectivity index (χ1) is 21.5. The van der Waals surface area contributed by atoms with Crippen LogP contribution in [0.2, 0.25) is 0 Å². The van der Waals surface area contributed by atoms with Crippen molar-refractivity contribution in [3.8, 4) is 0 Å². The normalized spacial score (nSPS) is 39.3. The maximum absolute atomic E-state index is 13.1. The van der Waals surface area contributed by atoms with Gasteiger partial charge >= 0.3 is 17.9 Å². The summed E-state index contributed by atoms with van der Waals surface area (Å²) in [7, 11) is 0. The van der Waals surface area contributed by atoms with Gasteiger partial charge in [0.1, 0.15) is 12.2 Å². The maximum atomic E-state index is 13.1. The fraction of sp³-hybridized carbons (Fsp3) is 0.658. The van der Waals surface area contributed by atoms with Crippen molar-refractivity contribution in [1.29, 1.82) is 0 Å². The number of rotatable bonds is 7. The molecule has 0 radical (unpaired) electrons. The molecule has 7 nitrogen and oxygen atoms in total.